The van der Waals surface area contributed by atoms with Crippen molar-refractivity contribution in [3.63, 3.8) is 0 Å². The van der Waals surface area contributed by atoms with Crippen LogP contribution in [0.1, 0.15) is 37.9 Å². The molecule has 0 spiro atoms. The van der Waals surface area contributed by atoms with Gasteiger partial charge in [0.25, 0.3) is 0 Å². The largest absolute Gasteiger partial charge is 0.390 e. The fraction of sp³-hybridized carbons (Fsp3) is 0.800. The molecule has 0 bridgehead atoms. The highest BCUT2D eigenvalue weighted by Crippen LogP contribution is 2.27. The normalized spacial score (nSPS) is 36.8. The van der Waals surface area contributed by atoms with Crippen molar-refractivity contribution in [3.05, 3.63) is 35.7 Å². The lowest BCUT2D eigenvalue weighted by Gasteiger charge is -2.39. The molecule has 24 heteroatoms. The number of hydrogen-bond acceptors (Lipinski definition) is 18. The summed E-state index contributed by atoms with van der Waals surface area (Å²) < 4.78 is 33.9. The van der Waals surface area contributed by atoms with Gasteiger partial charge in [-0.1, -0.05) is 81.6 Å². The maximum absolute atomic E-state index is 12.3. The molecule has 0 amide bonds. The smallest absolute Gasteiger partial charge is 0.160 e. The number of ether oxygens (including phenoxy) is 3. The minimum atomic E-state index is -1.16. The van der Waals surface area contributed by atoms with Gasteiger partial charge in [-0.25, -0.2) is 18.4 Å². The van der Waals surface area contributed by atoms with Crippen LogP contribution in [0.5, 0.6) is 0 Å². The average molecular weight is 1000 g/mol. The number of halogens is 3. The van der Waals surface area contributed by atoms with Crippen molar-refractivity contribution in [1.29, 1.82) is 0 Å². The Hall–Kier alpha value is -1.67. The topological polar surface area (TPSA) is 302 Å². The van der Waals surface area contributed by atoms with Gasteiger partial charge < -0.3 is 60.2 Å². The SMILES string of the molecule is C[C@H]1C(O)O[C@H](Cn2cc(C[124I])nn2)[C@@H](O)[C@@H]1O.C[C@H]1C(O)O[C@H](Cn2cc(C[131I])nn2)[C@@H](O)[C@@H]1O.C[C@H]1C(O)O[C@H](Cn2cc(C[18F])nn2)[C@@H](O)[C@@H]1O. The predicted octanol–water partition coefficient (Wildman–Crippen LogP) is -2.60. The fourth-order valence-corrected chi connectivity index (χ4v) is 6.42. The van der Waals surface area contributed by atoms with Gasteiger partial charge in [0.2, 0.25) is 0 Å². The molecule has 3 aromatic rings. The minimum absolute atomic E-state index is 0.0784. The summed E-state index contributed by atoms with van der Waals surface area (Å²) >= 11 is 4.35. The molecule has 306 valence electrons. The van der Waals surface area contributed by atoms with E-state index < -0.39 is 98.2 Å². The summed E-state index contributed by atoms with van der Waals surface area (Å²) in [6.07, 6.45) is -6.98. The lowest BCUT2D eigenvalue weighted by Crippen LogP contribution is -2.54. The second-order valence-electron chi connectivity index (χ2n) is 13.4. The molecule has 6 rings (SSSR count). The van der Waals surface area contributed by atoms with Gasteiger partial charge in [-0.05, 0) is 0 Å². The van der Waals surface area contributed by atoms with Crippen LogP contribution in [0.25, 0.3) is 0 Å². The first-order valence-corrected chi connectivity index (χ1v) is 20.1. The molecule has 54 heavy (non-hydrogen) atoms. The van der Waals surface area contributed by atoms with E-state index in [0.29, 0.717) is 0 Å². The molecule has 0 aliphatic carbocycles. The Bertz CT molecular complexity index is 1390. The zero-order chi connectivity index (χ0) is 39.9. The number of rotatable bonds is 9. The fourth-order valence-electron chi connectivity index (χ4n) is 5.72. The van der Waals surface area contributed by atoms with E-state index in [-0.39, 0.29) is 25.3 Å². The standard InChI is InChI=1S/C10H16FN3O4.2C10H16IN3O4/c3*1-5-8(15)9(16)7(18-10(5)17)4-14-3-6(2-11)12-13-14/h3*3,5,7-10,15-17H,2,4H2,1H3/t3*5-,7-,8-,9-,10?/m111/s1/i11-1;11+4;11-3. The molecule has 0 aromatic carbocycles. The van der Waals surface area contributed by atoms with E-state index in [2.05, 4.69) is 76.1 Å². The van der Waals surface area contributed by atoms with Crippen molar-refractivity contribution in [2.24, 2.45) is 17.8 Å². The molecular formula is C30H48FI2N9O12. The molecule has 3 unspecified atom stereocenters. The van der Waals surface area contributed by atoms with E-state index >= 15 is 0 Å². The maximum Gasteiger partial charge on any atom is 0.160 e. The van der Waals surface area contributed by atoms with E-state index in [1.807, 2.05) is 0 Å². The summed E-state index contributed by atoms with van der Waals surface area (Å²) in [5.74, 6) is -1.61. The third kappa shape index (κ3) is 11.5. The van der Waals surface area contributed by atoms with Crippen molar-refractivity contribution in [2.45, 2.75) is 130 Å². The third-order valence-electron chi connectivity index (χ3n) is 9.37. The van der Waals surface area contributed by atoms with E-state index in [1.54, 1.807) is 33.2 Å². The Balaban J connectivity index is 0.000000180. The molecule has 0 radical (unpaired) electrons. The van der Waals surface area contributed by atoms with Crippen LogP contribution in [0.3, 0.4) is 0 Å². The molecule has 3 saturated heterocycles. The lowest BCUT2D eigenvalue weighted by molar-refractivity contribution is -0.263. The van der Waals surface area contributed by atoms with Gasteiger partial charge in [-0.3, -0.25) is 0 Å². The van der Waals surface area contributed by atoms with Crippen molar-refractivity contribution >= 4 is 45.2 Å². The summed E-state index contributed by atoms with van der Waals surface area (Å²) in [7, 11) is 0. The first-order valence-electron chi connectivity index (χ1n) is 17.0. The number of aromatic nitrogens is 9. The Labute approximate surface area is 336 Å². The van der Waals surface area contributed by atoms with Crippen LogP contribution < -0.4 is 0 Å². The third-order valence-corrected chi connectivity index (χ3v) is 10.9. The lowest BCUT2D eigenvalue weighted by atomic mass is 9.92. The van der Waals surface area contributed by atoms with Gasteiger partial charge >= 0.3 is 0 Å². The van der Waals surface area contributed by atoms with Gasteiger partial charge in [-0.15, -0.1) is 15.3 Å². The van der Waals surface area contributed by atoms with Crippen LogP contribution in [0.2, 0.25) is 0 Å². The Morgan fingerprint density at radius 3 is 1.17 bits per heavy atom. The van der Waals surface area contributed by atoms with E-state index in [1.165, 1.54) is 20.2 Å². The van der Waals surface area contributed by atoms with Crippen LogP contribution in [-0.2, 0) is 49.4 Å². The van der Waals surface area contributed by atoms with Crippen LogP contribution in [-0.4, -0.2) is 165 Å². The molecule has 3 aliphatic rings. The highest BCUT2D eigenvalue weighted by Gasteiger charge is 2.43. The monoisotopic (exact) mass is 999 g/mol. The van der Waals surface area contributed by atoms with Gasteiger partial charge in [0.05, 0.1) is 55.5 Å². The average Bonchev–Trinajstić information content (AvgIpc) is 3.94. The molecule has 15 atom stereocenters. The highest BCUT2D eigenvalue weighted by molar-refractivity contribution is 14.1. The highest BCUT2D eigenvalue weighted by atomic mass is 131. The van der Waals surface area contributed by atoms with Crippen molar-refractivity contribution in [1.82, 2.24) is 45.0 Å². The van der Waals surface area contributed by atoms with E-state index in [4.69, 9.17) is 14.2 Å². The molecule has 0 saturated carbocycles. The van der Waals surface area contributed by atoms with Gasteiger partial charge in [0.15, 0.2) is 18.9 Å². The summed E-state index contributed by atoms with van der Waals surface area (Å²) in [5, 5.41) is 111. The Kier molecular flexibility index (Phi) is 17.2. The van der Waals surface area contributed by atoms with E-state index in [0.717, 1.165) is 20.2 Å². The molecule has 9 N–H and O–H groups in total. The van der Waals surface area contributed by atoms with E-state index in [9.17, 15) is 50.3 Å². The van der Waals surface area contributed by atoms with Crippen LogP contribution >= 0.6 is 45.2 Å². The Morgan fingerprint density at radius 2 is 0.889 bits per heavy atom. The van der Waals surface area contributed by atoms with Crippen LogP contribution in [0.15, 0.2) is 18.6 Å². The Morgan fingerprint density at radius 1 is 0.574 bits per heavy atom. The summed E-state index contributed by atoms with van der Waals surface area (Å²) in [5.41, 5.74) is 1.83. The minimum Gasteiger partial charge on any atom is -0.390 e. The van der Waals surface area contributed by atoms with Gasteiger partial charge in [0, 0.05) is 39.0 Å². The number of aliphatic hydroxyl groups excluding tert-OH is 9. The second-order valence-corrected chi connectivity index (χ2v) is 14.9. The first kappa shape index (κ1) is 45.0. The molecule has 3 aromatic heterocycles. The van der Waals surface area contributed by atoms with Gasteiger partial charge in [-0.2, -0.15) is 0 Å². The van der Waals surface area contributed by atoms with Crippen molar-refractivity contribution < 1.29 is 64.6 Å². The number of aliphatic hydroxyl groups is 9. The van der Waals surface area contributed by atoms with Gasteiger partial charge in [0.1, 0.15) is 49.0 Å². The summed E-state index contributed by atoms with van der Waals surface area (Å²) in [4.78, 5) is 0. The molecule has 3 aliphatic heterocycles. The molecule has 21 nitrogen and oxygen atoms in total. The van der Waals surface area contributed by atoms with Crippen molar-refractivity contribution in [2.75, 3.05) is 0 Å². The van der Waals surface area contributed by atoms with Crippen LogP contribution in [0, 0.1) is 17.8 Å². The first-order chi connectivity index (χ1) is 25.6. The zero-order valence-electron chi connectivity index (χ0n) is 29.5. The summed E-state index contributed by atoms with van der Waals surface area (Å²) in [6.45, 7) is 4.66. The maximum atomic E-state index is 12.3. The number of nitrogens with zero attached hydrogens (tertiary/aromatic N) is 9. The molecule has 6 heterocycles. The van der Waals surface area contributed by atoms with Crippen molar-refractivity contribution in [3.8, 4) is 0 Å². The molecule has 3 fully saturated rings. The second kappa shape index (κ2) is 20.7. The predicted molar refractivity (Wildman–Crippen MR) is 196 cm³/mol. The zero-order valence-corrected chi connectivity index (χ0v) is 33.9. The summed E-state index contributed by atoms with van der Waals surface area (Å²) in [6, 6.07) is 0. The number of hydrogen-bond donors (Lipinski definition) is 9. The quantitative estimate of drug-likeness (QED) is 0.0785. The number of alkyl halides is 3. The van der Waals surface area contributed by atoms with Crippen LogP contribution in [0.4, 0.5) is 4.39 Å². The molecular weight excluding hydrogens is 951 g/mol.